The fourth-order valence-corrected chi connectivity index (χ4v) is 5.17. The third-order valence-corrected chi connectivity index (χ3v) is 6.96. The number of aryl methyl sites for hydroxylation is 2. The number of likely N-dealkylation sites (tertiary alicyclic amines) is 1. The van der Waals surface area contributed by atoms with Crippen LogP contribution in [-0.2, 0) is 11.2 Å². The van der Waals surface area contributed by atoms with Gasteiger partial charge in [-0.15, -0.1) is 11.3 Å². The lowest BCUT2D eigenvalue weighted by atomic mass is 10.00. The van der Waals surface area contributed by atoms with Gasteiger partial charge in [-0.3, -0.25) is 9.59 Å². The first-order chi connectivity index (χ1) is 14.0. The third-order valence-electron chi connectivity index (χ3n) is 5.30. The molecule has 0 aliphatic carbocycles. The first-order valence-electron chi connectivity index (χ1n) is 9.56. The first-order valence-corrected chi connectivity index (χ1v) is 11.4. The minimum Gasteiger partial charge on any atom is -0.391 e. The lowest BCUT2D eigenvalue weighted by Crippen LogP contribution is -2.40. The van der Waals surface area contributed by atoms with Crippen molar-refractivity contribution in [3.63, 3.8) is 0 Å². The number of hydrogen-bond donors (Lipinski definition) is 1. The topological polar surface area (TPSA) is 70.5 Å². The maximum atomic E-state index is 12.8. The van der Waals surface area contributed by atoms with E-state index in [-0.39, 0.29) is 18.2 Å². The van der Waals surface area contributed by atoms with Gasteiger partial charge in [-0.2, -0.15) is 11.3 Å². The average molecular weight is 427 g/mol. The van der Waals surface area contributed by atoms with Crippen LogP contribution < -0.4 is 0 Å². The molecule has 5 nitrogen and oxygen atoms in total. The molecule has 2 aromatic heterocycles. The van der Waals surface area contributed by atoms with Gasteiger partial charge >= 0.3 is 0 Å². The van der Waals surface area contributed by atoms with Gasteiger partial charge in [0.2, 0.25) is 0 Å². The summed E-state index contributed by atoms with van der Waals surface area (Å²) < 4.78 is 0. The van der Waals surface area contributed by atoms with E-state index in [1.165, 1.54) is 16.2 Å². The van der Waals surface area contributed by atoms with Gasteiger partial charge in [-0.05, 0) is 35.9 Å². The van der Waals surface area contributed by atoms with Crippen LogP contribution in [0.4, 0.5) is 0 Å². The van der Waals surface area contributed by atoms with Crippen molar-refractivity contribution < 1.29 is 14.7 Å². The van der Waals surface area contributed by atoms with Gasteiger partial charge in [0.05, 0.1) is 33.8 Å². The van der Waals surface area contributed by atoms with E-state index in [0.29, 0.717) is 24.8 Å². The van der Waals surface area contributed by atoms with E-state index in [4.69, 9.17) is 0 Å². The van der Waals surface area contributed by atoms with Crippen molar-refractivity contribution in [2.24, 2.45) is 0 Å². The molecule has 29 heavy (non-hydrogen) atoms. The number of Topliss-reactive ketones (excluding diaryl/α,β-unsaturated/α-hetero) is 1. The highest BCUT2D eigenvalue weighted by Crippen LogP contribution is 2.28. The molecule has 0 spiro atoms. The Kier molecular flexibility index (Phi) is 5.89. The van der Waals surface area contributed by atoms with Crippen LogP contribution in [0.2, 0.25) is 0 Å². The summed E-state index contributed by atoms with van der Waals surface area (Å²) >= 11 is 3.07. The van der Waals surface area contributed by atoms with Crippen molar-refractivity contribution in [1.82, 2.24) is 9.88 Å². The van der Waals surface area contributed by atoms with Gasteiger partial charge in [0.15, 0.2) is 5.78 Å². The monoisotopic (exact) mass is 426 g/mol. The second-order valence-electron chi connectivity index (χ2n) is 7.30. The molecule has 1 aliphatic rings. The Labute approximate surface area is 177 Å². The summed E-state index contributed by atoms with van der Waals surface area (Å²) in [5.41, 5.74) is 5.66. The number of hydrogen-bond acceptors (Lipinski definition) is 6. The molecular formula is C22H22N2O3S2. The molecule has 1 amide bonds. The van der Waals surface area contributed by atoms with E-state index in [2.05, 4.69) is 17.1 Å². The number of β-amino-alcohol motifs (C(OH)–C–C–N with tert-alkyl or cyclic N) is 1. The second kappa shape index (κ2) is 8.57. The fraction of sp³-hybridized carbons (Fsp3) is 0.318. The number of nitrogens with zero attached hydrogens (tertiary/aromatic N) is 2. The number of thiazole rings is 1. The van der Waals surface area contributed by atoms with Crippen LogP contribution in [0.1, 0.15) is 34.5 Å². The molecule has 7 heteroatoms. The molecule has 3 heterocycles. The number of benzene rings is 1. The minimum atomic E-state index is -0.645. The van der Waals surface area contributed by atoms with Crippen LogP contribution in [-0.4, -0.2) is 45.4 Å². The van der Waals surface area contributed by atoms with E-state index < -0.39 is 12.1 Å². The fourth-order valence-electron chi connectivity index (χ4n) is 3.73. The average Bonchev–Trinajstić information content (AvgIpc) is 3.47. The molecule has 0 radical (unpaired) electrons. The Balaban J connectivity index is 1.39. The molecule has 0 bridgehead atoms. The van der Waals surface area contributed by atoms with E-state index >= 15 is 0 Å². The van der Waals surface area contributed by atoms with Gasteiger partial charge in [0, 0.05) is 24.8 Å². The Morgan fingerprint density at radius 1 is 1.24 bits per heavy atom. The highest BCUT2D eigenvalue weighted by molar-refractivity contribution is 7.13. The zero-order chi connectivity index (χ0) is 20.4. The van der Waals surface area contributed by atoms with Crippen molar-refractivity contribution in [2.75, 3.05) is 6.54 Å². The van der Waals surface area contributed by atoms with Crippen LogP contribution in [0.15, 0.2) is 46.6 Å². The second-order valence-corrected chi connectivity index (χ2v) is 8.94. The van der Waals surface area contributed by atoms with Crippen molar-refractivity contribution in [1.29, 1.82) is 0 Å². The number of carbonyl (C=O) groups is 2. The third kappa shape index (κ3) is 4.32. The summed E-state index contributed by atoms with van der Waals surface area (Å²) in [4.78, 5) is 32.5. The SMILES string of the molecule is Cc1ncsc1-c1ccc(CCC(=O)[C@@H]2C[C@@H](O)CN2C(=O)c2ccsc2)cc1. The molecule has 1 saturated heterocycles. The summed E-state index contributed by atoms with van der Waals surface area (Å²) in [5.74, 6) is -0.169. The van der Waals surface area contributed by atoms with Crippen LogP contribution in [0.5, 0.6) is 0 Å². The Morgan fingerprint density at radius 2 is 2.03 bits per heavy atom. The van der Waals surface area contributed by atoms with Gasteiger partial charge in [0.25, 0.3) is 5.91 Å². The van der Waals surface area contributed by atoms with E-state index in [1.54, 1.807) is 22.8 Å². The maximum Gasteiger partial charge on any atom is 0.255 e. The lowest BCUT2D eigenvalue weighted by molar-refractivity contribution is -0.122. The minimum absolute atomic E-state index is 0.00695. The van der Waals surface area contributed by atoms with Crippen molar-refractivity contribution in [3.05, 3.63) is 63.4 Å². The number of amides is 1. The van der Waals surface area contributed by atoms with Crippen LogP contribution in [0, 0.1) is 6.92 Å². The number of carbonyl (C=O) groups excluding carboxylic acids is 2. The molecule has 1 N–H and O–H groups in total. The van der Waals surface area contributed by atoms with Gasteiger partial charge in [0.1, 0.15) is 0 Å². The van der Waals surface area contributed by atoms with Gasteiger partial charge in [-0.25, -0.2) is 4.98 Å². The number of thiophene rings is 1. The number of ketones is 1. The summed E-state index contributed by atoms with van der Waals surface area (Å²) in [6, 6.07) is 9.42. The molecule has 1 aromatic carbocycles. The molecule has 2 atom stereocenters. The molecule has 4 rings (SSSR count). The zero-order valence-corrected chi connectivity index (χ0v) is 17.7. The predicted molar refractivity (Wildman–Crippen MR) is 115 cm³/mol. The standard InChI is InChI=1S/C22H22N2O3S2/c1-14-21(29-13-23-14)16-5-2-15(3-6-16)4-7-20(26)19-10-18(25)11-24(19)22(27)17-8-9-28-12-17/h2-3,5-6,8-9,12-13,18-19,25H,4,7,10-11H2,1H3/t18-,19+/m1/s1. The van der Waals surface area contributed by atoms with E-state index in [0.717, 1.165) is 21.7 Å². The smallest absolute Gasteiger partial charge is 0.255 e. The van der Waals surface area contributed by atoms with Crippen LogP contribution in [0.25, 0.3) is 10.4 Å². The summed E-state index contributed by atoms with van der Waals surface area (Å²) in [6.45, 7) is 2.21. The zero-order valence-electron chi connectivity index (χ0n) is 16.1. The van der Waals surface area contributed by atoms with Crippen LogP contribution >= 0.6 is 22.7 Å². The molecule has 150 valence electrons. The van der Waals surface area contributed by atoms with E-state index in [9.17, 15) is 14.7 Å². The summed E-state index contributed by atoms with van der Waals surface area (Å²) in [7, 11) is 0. The molecule has 1 fully saturated rings. The van der Waals surface area contributed by atoms with Gasteiger partial charge < -0.3 is 10.0 Å². The summed E-state index contributed by atoms with van der Waals surface area (Å²) in [6.07, 6.45) is 0.643. The molecule has 0 unspecified atom stereocenters. The Hall–Kier alpha value is -2.35. The number of aliphatic hydroxyl groups excluding tert-OH is 1. The van der Waals surface area contributed by atoms with Crippen LogP contribution in [0.3, 0.4) is 0 Å². The first kappa shape index (κ1) is 19.9. The largest absolute Gasteiger partial charge is 0.391 e. The van der Waals surface area contributed by atoms with Crippen molar-refractivity contribution in [3.8, 4) is 10.4 Å². The normalized spacial score (nSPS) is 18.9. The molecule has 3 aromatic rings. The van der Waals surface area contributed by atoms with E-state index in [1.807, 2.05) is 29.9 Å². The summed E-state index contributed by atoms with van der Waals surface area (Å²) in [5, 5.41) is 13.7. The van der Waals surface area contributed by atoms with Crippen molar-refractivity contribution in [2.45, 2.75) is 38.3 Å². The quantitative estimate of drug-likeness (QED) is 0.648. The Morgan fingerprint density at radius 3 is 2.69 bits per heavy atom. The maximum absolute atomic E-state index is 12.8. The molecule has 0 saturated carbocycles. The predicted octanol–water partition coefficient (Wildman–Crippen LogP) is 3.96. The highest BCUT2D eigenvalue weighted by atomic mass is 32.1. The van der Waals surface area contributed by atoms with Gasteiger partial charge in [-0.1, -0.05) is 24.3 Å². The number of rotatable bonds is 6. The number of aliphatic hydroxyl groups is 1. The highest BCUT2D eigenvalue weighted by Gasteiger charge is 2.38. The number of aromatic nitrogens is 1. The van der Waals surface area contributed by atoms with Crippen molar-refractivity contribution >= 4 is 34.4 Å². The molecule has 1 aliphatic heterocycles. The Bertz CT molecular complexity index is 996. The lowest BCUT2D eigenvalue weighted by Gasteiger charge is -2.23. The molecular weight excluding hydrogens is 404 g/mol.